The zero-order chi connectivity index (χ0) is 22.5. The van der Waals surface area contributed by atoms with Gasteiger partial charge in [-0.25, -0.2) is 4.79 Å². The molecule has 9 heteroatoms. The lowest BCUT2D eigenvalue weighted by Crippen LogP contribution is -2.62. The van der Waals surface area contributed by atoms with Crippen LogP contribution in [0, 0.1) is 5.92 Å². The van der Waals surface area contributed by atoms with Gasteiger partial charge in [0, 0.05) is 31.7 Å². The van der Waals surface area contributed by atoms with Crippen LogP contribution in [0.2, 0.25) is 0 Å². The lowest BCUT2D eigenvalue weighted by molar-refractivity contribution is -0.192. The van der Waals surface area contributed by atoms with Crippen molar-refractivity contribution in [2.45, 2.75) is 43.8 Å². The second kappa shape index (κ2) is 9.99. The number of amides is 1. The highest BCUT2D eigenvalue weighted by atomic mass is 19.4. The molecule has 0 radical (unpaired) electrons. The fourth-order valence-electron chi connectivity index (χ4n) is 4.18. The molecule has 2 saturated heterocycles. The monoisotopic (exact) mass is 442 g/mol. The molecular formula is C22H29F3N2O4. The number of carbonyl (C=O) groups is 2. The molecule has 2 aliphatic heterocycles. The van der Waals surface area contributed by atoms with Crippen molar-refractivity contribution in [2.75, 3.05) is 39.4 Å². The minimum Gasteiger partial charge on any atom is -0.475 e. The van der Waals surface area contributed by atoms with E-state index in [1.807, 2.05) is 30.3 Å². The Bertz CT molecular complexity index is 745. The number of hydrogen-bond acceptors (Lipinski definition) is 4. The van der Waals surface area contributed by atoms with Gasteiger partial charge in [0.05, 0.1) is 19.6 Å². The second-order valence-corrected chi connectivity index (χ2v) is 8.51. The second-order valence-electron chi connectivity index (χ2n) is 8.51. The van der Waals surface area contributed by atoms with E-state index in [4.69, 9.17) is 14.6 Å². The first-order valence-electron chi connectivity index (χ1n) is 10.6. The highest BCUT2D eigenvalue weighted by molar-refractivity contribution is 5.78. The molecule has 1 N–H and O–H groups in total. The Balaban J connectivity index is 0.000000339. The van der Waals surface area contributed by atoms with E-state index in [9.17, 15) is 18.0 Å². The Hall–Kier alpha value is -2.13. The first-order chi connectivity index (χ1) is 14.7. The summed E-state index contributed by atoms with van der Waals surface area (Å²) in [4.78, 5) is 26.2. The zero-order valence-corrected chi connectivity index (χ0v) is 17.4. The third kappa shape index (κ3) is 6.67. The van der Waals surface area contributed by atoms with Crippen LogP contribution in [-0.4, -0.2) is 77.9 Å². The number of piperidine rings is 1. The van der Waals surface area contributed by atoms with Gasteiger partial charge < -0.3 is 14.7 Å². The number of carboxylic acids is 1. The van der Waals surface area contributed by atoms with Gasteiger partial charge in [0.2, 0.25) is 5.91 Å². The predicted octanol–water partition coefficient (Wildman–Crippen LogP) is 2.97. The highest BCUT2D eigenvalue weighted by Crippen LogP contribution is 2.37. The molecular weight excluding hydrogens is 413 g/mol. The summed E-state index contributed by atoms with van der Waals surface area (Å²) in [5.74, 6) is -1.58. The van der Waals surface area contributed by atoms with Gasteiger partial charge in [0.25, 0.3) is 0 Å². The van der Waals surface area contributed by atoms with Crippen LogP contribution in [-0.2, 0) is 20.7 Å². The summed E-state index contributed by atoms with van der Waals surface area (Å²) in [6.45, 7) is 5.76. The minimum absolute atomic E-state index is 0.185. The Morgan fingerprint density at radius 3 is 2.26 bits per heavy atom. The number of benzene rings is 1. The number of carboxylic acid groups (broad SMARTS) is 1. The Kier molecular flexibility index (Phi) is 7.59. The Labute approximate surface area is 180 Å². The molecule has 4 rings (SSSR count). The van der Waals surface area contributed by atoms with Crippen LogP contribution in [0.15, 0.2) is 30.3 Å². The summed E-state index contributed by atoms with van der Waals surface area (Å²) < 4.78 is 37.6. The minimum atomic E-state index is -5.08. The van der Waals surface area contributed by atoms with Gasteiger partial charge in [-0.3, -0.25) is 9.69 Å². The van der Waals surface area contributed by atoms with Gasteiger partial charge in [0.1, 0.15) is 0 Å². The number of ether oxygens (including phenoxy) is 1. The molecule has 0 aromatic heterocycles. The number of alkyl halides is 3. The first-order valence-corrected chi connectivity index (χ1v) is 10.6. The third-order valence-electron chi connectivity index (χ3n) is 6.21. The molecule has 3 fully saturated rings. The summed E-state index contributed by atoms with van der Waals surface area (Å²) >= 11 is 0. The zero-order valence-electron chi connectivity index (χ0n) is 17.4. The van der Waals surface area contributed by atoms with Crippen LogP contribution in [0.25, 0.3) is 0 Å². The third-order valence-corrected chi connectivity index (χ3v) is 6.21. The van der Waals surface area contributed by atoms with E-state index in [2.05, 4.69) is 9.80 Å². The van der Waals surface area contributed by atoms with Gasteiger partial charge in [-0.15, -0.1) is 0 Å². The molecule has 1 aromatic carbocycles. The summed E-state index contributed by atoms with van der Waals surface area (Å²) in [5, 5.41) is 7.12. The standard InChI is InChI=1S/C20H28N2O2.C2HF3O2/c23-19(14-17-4-2-1-3-5-17)21-10-8-20(9-11-21)16-24-13-12-22(20)15-18-6-7-18;3-2(4,5)1(6)7/h1-5,18H,6-16H2;(H,6,7). The maximum Gasteiger partial charge on any atom is 0.490 e. The van der Waals surface area contributed by atoms with Crippen molar-refractivity contribution in [1.82, 2.24) is 9.80 Å². The SMILES string of the molecule is O=C(Cc1ccccc1)N1CCC2(CC1)COCCN2CC1CC1.O=C(O)C(F)(F)F. The van der Waals surface area contributed by atoms with E-state index in [1.165, 1.54) is 19.4 Å². The molecule has 3 aliphatic rings. The quantitative estimate of drug-likeness (QED) is 0.777. The summed E-state index contributed by atoms with van der Waals surface area (Å²) in [6.07, 6.45) is 0.348. The fraction of sp³-hybridized carbons (Fsp3) is 0.636. The van der Waals surface area contributed by atoms with Gasteiger partial charge >= 0.3 is 12.1 Å². The fourth-order valence-corrected chi connectivity index (χ4v) is 4.18. The van der Waals surface area contributed by atoms with Crippen LogP contribution in [0.3, 0.4) is 0 Å². The summed E-state index contributed by atoms with van der Waals surface area (Å²) in [6, 6.07) is 10.1. The van der Waals surface area contributed by atoms with Gasteiger partial charge in [0.15, 0.2) is 0 Å². The number of likely N-dealkylation sites (tertiary alicyclic amines) is 1. The molecule has 172 valence electrons. The van der Waals surface area contributed by atoms with E-state index in [0.717, 1.165) is 57.2 Å². The molecule has 0 atom stereocenters. The average molecular weight is 442 g/mol. The largest absolute Gasteiger partial charge is 0.490 e. The van der Waals surface area contributed by atoms with Crippen molar-refractivity contribution < 1.29 is 32.6 Å². The normalized spacial score (nSPS) is 21.3. The number of halogens is 3. The number of morpholine rings is 1. The number of nitrogens with zero attached hydrogens (tertiary/aromatic N) is 2. The number of rotatable bonds is 4. The van der Waals surface area contributed by atoms with E-state index in [0.29, 0.717) is 6.42 Å². The number of carbonyl (C=O) groups excluding carboxylic acids is 1. The Morgan fingerprint density at radius 2 is 1.71 bits per heavy atom. The van der Waals surface area contributed by atoms with Gasteiger partial charge in [-0.05, 0) is 37.2 Å². The molecule has 6 nitrogen and oxygen atoms in total. The molecule has 2 heterocycles. The van der Waals surface area contributed by atoms with E-state index in [-0.39, 0.29) is 11.4 Å². The molecule has 1 saturated carbocycles. The van der Waals surface area contributed by atoms with E-state index >= 15 is 0 Å². The van der Waals surface area contributed by atoms with Crippen LogP contribution in [0.1, 0.15) is 31.2 Å². The molecule has 0 bridgehead atoms. The van der Waals surface area contributed by atoms with Crippen molar-refractivity contribution in [3.8, 4) is 0 Å². The molecule has 1 amide bonds. The average Bonchev–Trinajstić information content (AvgIpc) is 3.55. The number of aliphatic carboxylic acids is 1. The topological polar surface area (TPSA) is 70.1 Å². The molecule has 0 unspecified atom stereocenters. The molecule has 1 aromatic rings. The van der Waals surface area contributed by atoms with E-state index < -0.39 is 12.1 Å². The van der Waals surface area contributed by atoms with Crippen LogP contribution in [0.4, 0.5) is 13.2 Å². The van der Waals surface area contributed by atoms with Crippen LogP contribution >= 0.6 is 0 Å². The van der Waals surface area contributed by atoms with Crippen molar-refractivity contribution in [2.24, 2.45) is 5.92 Å². The summed E-state index contributed by atoms with van der Waals surface area (Å²) in [7, 11) is 0. The van der Waals surface area contributed by atoms with E-state index in [1.54, 1.807) is 0 Å². The van der Waals surface area contributed by atoms with Crippen molar-refractivity contribution >= 4 is 11.9 Å². The maximum absolute atomic E-state index is 12.6. The maximum atomic E-state index is 12.6. The van der Waals surface area contributed by atoms with Crippen molar-refractivity contribution in [3.63, 3.8) is 0 Å². The van der Waals surface area contributed by atoms with Crippen molar-refractivity contribution in [1.29, 1.82) is 0 Å². The lowest BCUT2D eigenvalue weighted by atomic mass is 9.85. The smallest absolute Gasteiger partial charge is 0.475 e. The lowest BCUT2D eigenvalue weighted by Gasteiger charge is -2.51. The number of hydrogen-bond donors (Lipinski definition) is 1. The first kappa shape index (κ1) is 23.5. The summed E-state index contributed by atoms with van der Waals surface area (Å²) in [5.41, 5.74) is 1.30. The van der Waals surface area contributed by atoms with Crippen LogP contribution < -0.4 is 0 Å². The van der Waals surface area contributed by atoms with Crippen molar-refractivity contribution in [3.05, 3.63) is 35.9 Å². The Morgan fingerprint density at radius 1 is 1.10 bits per heavy atom. The molecule has 1 spiro atoms. The molecule has 31 heavy (non-hydrogen) atoms. The van der Waals surface area contributed by atoms with Crippen LogP contribution in [0.5, 0.6) is 0 Å². The van der Waals surface area contributed by atoms with Gasteiger partial charge in [-0.1, -0.05) is 30.3 Å². The molecule has 1 aliphatic carbocycles. The van der Waals surface area contributed by atoms with Gasteiger partial charge in [-0.2, -0.15) is 13.2 Å². The highest BCUT2D eigenvalue weighted by Gasteiger charge is 2.44. The predicted molar refractivity (Wildman–Crippen MR) is 107 cm³/mol.